The number of hydrogen-bond acceptors (Lipinski definition) is 7. The van der Waals surface area contributed by atoms with Gasteiger partial charge in [0, 0.05) is 17.0 Å². The number of nitrogens with two attached hydrogens (primary N) is 1. The second-order valence-electron chi connectivity index (χ2n) is 8.34. The van der Waals surface area contributed by atoms with Crippen LogP contribution in [0.5, 0.6) is 0 Å². The summed E-state index contributed by atoms with van der Waals surface area (Å²) in [6, 6.07) is -2.43. The fourth-order valence-electron chi connectivity index (χ4n) is 3.63. The molecular formula is C22H20F8N6O4. The number of nitrogens with one attached hydrogen (secondary N) is 2. The SMILES string of the molecule is Cc1c([C@@H](NC(=O)Nc2cnc(N3CC[NH2+]CC3)nc2)C(F)(F)F)oc2c(F)cc(F)cc12.O=C([O-])C(F)(F)F. The molecule has 218 valence electrons. The lowest BCUT2D eigenvalue weighted by molar-refractivity contribution is -0.655. The molecule has 4 rings (SSSR count). The number of carbonyl (C=O) groups excluding carboxylic acids is 2. The van der Waals surface area contributed by atoms with Crippen molar-refractivity contribution in [1.29, 1.82) is 0 Å². The van der Waals surface area contributed by atoms with Gasteiger partial charge in [-0.3, -0.25) is 0 Å². The van der Waals surface area contributed by atoms with Crippen LogP contribution in [0.4, 0.5) is 51.6 Å². The summed E-state index contributed by atoms with van der Waals surface area (Å²) in [5.74, 6) is -5.41. The van der Waals surface area contributed by atoms with Gasteiger partial charge in [-0.05, 0) is 13.0 Å². The van der Waals surface area contributed by atoms with Crippen molar-refractivity contribution in [2.45, 2.75) is 25.3 Å². The molecule has 2 amide bonds. The highest BCUT2D eigenvalue weighted by Crippen LogP contribution is 2.39. The maximum Gasteiger partial charge on any atom is 0.430 e. The van der Waals surface area contributed by atoms with E-state index in [9.17, 15) is 39.9 Å². The quantitative estimate of drug-likeness (QED) is 0.398. The van der Waals surface area contributed by atoms with Gasteiger partial charge in [0.2, 0.25) is 5.95 Å². The Balaban J connectivity index is 0.000000559. The second-order valence-corrected chi connectivity index (χ2v) is 8.34. The van der Waals surface area contributed by atoms with Crippen LogP contribution in [0.3, 0.4) is 0 Å². The highest BCUT2D eigenvalue weighted by molar-refractivity contribution is 5.89. The highest BCUT2D eigenvalue weighted by Gasteiger charge is 2.45. The molecule has 10 nitrogen and oxygen atoms in total. The summed E-state index contributed by atoms with van der Waals surface area (Å²) in [4.78, 5) is 31.3. The number of nitrogens with zero attached hydrogens (tertiary/aromatic N) is 3. The van der Waals surface area contributed by atoms with E-state index in [-0.39, 0.29) is 16.6 Å². The summed E-state index contributed by atoms with van der Waals surface area (Å²) in [5.41, 5.74) is -0.590. The molecule has 0 aliphatic carbocycles. The Morgan fingerprint density at radius 3 is 2.17 bits per heavy atom. The number of alkyl halides is 6. The normalized spacial score (nSPS) is 14.8. The van der Waals surface area contributed by atoms with Gasteiger partial charge >= 0.3 is 18.4 Å². The van der Waals surface area contributed by atoms with Crippen molar-refractivity contribution < 1.29 is 59.6 Å². The first kappa shape index (κ1) is 30.3. The number of carboxylic acids is 1. The van der Waals surface area contributed by atoms with Gasteiger partial charge in [-0.1, -0.05) is 0 Å². The Labute approximate surface area is 219 Å². The Bertz CT molecular complexity index is 1350. The molecule has 1 aliphatic rings. The fourth-order valence-corrected chi connectivity index (χ4v) is 3.63. The lowest BCUT2D eigenvalue weighted by Gasteiger charge is -2.25. The van der Waals surface area contributed by atoms with Crippen LogP contribution >= 0.6 is 0 Å². The number of anilines is 2. The first-order valence-electron chi connectivity index (χ1n) is 11.3. The molecule has 4 N–H and O–H groups in total. The molecule has 0 saturated carbocycles. The smallest absolute Gasteiger partial charge is 0.430 e. The van der Waals surface area contributed by atoms with Gasteiger partial charge in [0.05, 0.1) is 44.3 Å². The third-order valence-corrected chi connectivity index (χ3v) is 5.48. The molecule has 3 heterocycles. The number of hydrogen-bond donors (Lipinski definition) is 3. The average Bonchev–Trinajstić information content (AvgIpc) is 3.19. The number of carboxylic acid groups (broad SMARTS) is 1. The third kappa shape index (κ3) is 7.45. The number of halogens is 8. The maximum atomic E-state index is 14.0. The molecule has 0 bridgehead atoms. The Morgan fingerprint density at radius 1 is 1.07 bits per heavy atom. The van der Waals surface area contributed by atoms with E-state index in [1.54, 1.807) is 5.32 Å². The summed E-state index contributed by atoms with van der Waals surface area (Å²) in [5, 5.41) is 14.8. The monoisotopic (exact) mass is 584 g/mol. The Hall–Kier alpha value is -4.22. The average molecular weight is 584 g/mol. The number of furan rings is 1. The van der Waals surface area contributed by atoms with Crippen LogP contribution in [0.2, 0.25) is 0 Å². The summed E-state index contributed by atoms with van der Waals surface area (Å²) >= 11 is 0. The Kier molecular flexibility index (Phi) is 9.01. The van der Waals surface area contributed by atoms with E-state index >= 15 is 0 Å². The van der Waals surface area contributed by atoms with Crippen molar-refractivity contribution >= 4 is 34.6 Å². The summed E-state index contributed by atoms with van der Waals surface area (Å²) < 4.78 is 105. The molecule has 1 aliphatic heterocycles. The van der Waals surface area contributed by atoms with Gasteiger partial charge < -0.3 is 35.2 Å². The van der Waals surface area contributed by atoms with E-state index in [0.29, 0.717) is 12.0 Å². The van der Waals surface area contributed by atoms with E-state index < -0.39 is 53.4 Å². The number of rotatable bonds is 4. The van der Waals surface area contributed by atoms with Crippen LogP contribution < -0.4 is 26.0 Å². The lowest BCUT2D eigenvalue weighted by atomic mass is 10.1. The molecule has 18 heteroatoms. The zero-order valence-electron chi connectivity index (χ0n) is 20.3. The van der Waals surface area contributed by atoms with Crippen molar-refractivity contribution in [3.05, 3.63) is 47.5 Å². The van der Waals surface area contributed by atoms with Crippen molar-refractivity contribution in [3.63, 3.8) is 0 Å². The first-order valence-corrected chi connectivity index (χ1v) is 11.3. The Morgan fingerprint density at radius 2 is 1.65 bits per heavy atom. The maximum absolute atomic E-state index is 14.0. The first-order chi connectivity index (χ1) is 18.6. The molecule has 2 aromatic heterocycles. The van der Waals surface area contributed by atoms with Crippen molar-refractivity contribution in [3.8, 4) is 0 Å². The zero-order valence-corrected chi connectivity index (χ0v) is 20.3. The number of aromatic nitrogens is 2. The molecule has 1 fully saturated rings. The van der Waals surface area contributed by atoms with Crippen LogP contribution in [0, 0.1) is 18.6 Å². The number of benzene rings is 1. The van der Waals surface area contributed by atoms with Crippen LogP contribution in [-0.2, 0) is 4.79 Å². The summed E-state index contributed by atoms with van der Waals surface area (Å²) in [6.07, 6.45) is -7.60. The van der Waals surface area contributed by atoms with E-state index in [1.165, 1.54) is 19.3 Å². The minimum absolute atomic E-state index is 0.0789. The number of urea groups is 1. The van der Waals surface area contributed by atoms with Crippen molar-refractivity contribution in [2.75, 3.05) is 36.4 Å². The topological polar surface area (TPSA) is 140 Å². The molecule has 0 spiro atoms. The van der Waals surface area contributed by atoms with Gasteiger partial charge in [-0.2, -0.15) is 26.3 Å². The standard InChI is InChI=1S/C20H19F5N6O2.C2HF3O2/c1-10-13-6-11(21)7-14(22)16(13)33-15(10)17(20(23,24)25)30-19(32)29-12-8-27-18(28-9-12)31-4-2-26-3-5-31;3-2(4,5)1(6)7/h6-9,17,26H,2-5H2,1H3,(H2,29,30,32);(H,6,7)/t17-;/m1./s1. The van der Waals surface area contributed by atoms with Gasteiger partial charge in [0.25, 0.3) is 0 Å². The van der Waals surface area contributed by atoms with Crippen LogP contribution in [0.1, 0.15) is 17.4 Å². The van der Waals surface area contributed by atoms with Gasteiger partial charge in [-0.15, -0.1) is 0 Å². The number of amides is 2. The zero-order chi connectivity index (χ0) is 29.8. The van der Waals surface area contributed by atoms with Gasteiger partial charge in [-0.25, -0.2) is 23.5 Å². The molecular weight excluding hydrogens is 564 g/mol. The highest BCUT2D eigenvalue weighted by atomic mass is 19.4. The molecule has 0 unspecified atom stereocenters. The minimum atomic E-state index is -5.19. The van der Waals surface area contributed by atoms with E-state index in [4.69, 9.17) is 14.3 Å². The number of fused-ring (bicyclic) bond motifs is 1. The van der Waals surface area contributed by atoms with Crippen LogP contribution in [-0.4, -0.2) is 60.5 Å². The third-order valence-electron chi connectivity index (χ3n) is 5.48. The number of carbonyl (C=O) groups is 2. The lowest BCUT2D eigenvalue weighted by Crippen LogP contribution is -2.89. The van der Waals surface area contributed by atoms with Crippen molar-refractivity contribution in [1.82, 2.24) is 15.3 Å². The summed E-state index contributed by atoms with van der Waals surface area (Å²) in [7, 11) is 0. The van der Waals surface area contributed by atoms with E-state index in [2.05, 4.69) is 20.6 Å². The second kappa shape index (κ2) is 11.9. The minimum Gasteiger partial charge on any atom is -0.542 e. The van der Waals surface area contributed by atoms with Crippen LogP contribution in [0.25, 0.3) is 11.0 Å². The molecule has 1 atom stereocenters. The summed E-state index contributed by atoms with van der Waals surface area (Å²) in [6.45, 7) is 4.51. The molecule has 1 aromatic carbocycles. The molecule has 40 heavy (non-hydrogen) atoms. The van der Waals surface area contributed by atoms with E-state index in [0.717, 1.165) is 32.2 Å². The fraction of sp³-hybridized carbons (Fsp3) is 0.364. The van der Waals surface area contributed by atoms with E-state index in [1.807, 2.05) is 4.90 Å². The molecule has 3 aromatic rings. The predicted octanol–water partition coefficient (Wildman–Crippen LogP) is 1.92. The molecule has 0 radical (unpaired) electrons. The van der Waals surface area contributed by atoms with Crippen LogP contribution in [0.15, 0.2) is 28.9 Å². The number of quaternary nitrogens is 1. The number of aliphatic carboxylic acids is 1. The largest absolute Gasteiger partial charge is 0.542 e. The van der Waals surface area contributed by atoms with Crippen molar-refractivity contribution in [2.24, 2.45) is 0 Å². The molecule has 1 saturated heterocycles. The van der Waals surface area contributed by atoms with Gasteiger partial charge in [0.15, 0.2) is 17.4 Å². The number of aryl methyl sites for hydroxylation is 1. The number of piperazine rings is 1. The predicted molar refractivity (Wildman–Crippen MR) is 119 cm³/mol. The van der Waals surface area contributed by atoms with Gasteiger partial charge in [0.1, 0.15) is 17.5 Å².